The molecule has 2 aliphatic rings. The predicted octanol–water partition coefficient (Wildman–Crippen LogP) is 4.24. The third-order valence-electron chi connectivity index (χ3n) is 5.63. The van der Waals surface area contributed by atoms with Gasteiger partial charge in [-0.1, -0.05) is 35.9 Å². The van der Waals surface area contributed by atoms with Gasteiger partial charge in [0.15, 0.2) is 11.5 Å². The maximum atomic E-state index is 12.8. The lowest BCUT2D eigenvalue weighted by Crippen LogP contribution is -2.40. The molecule has 0 bridgehead atoms. The standard InChI is InChI=1S/C25H26N2O5S/c1-17-5-7-18(8-6-17)16-32-20-10-9-19(13-21(20)31-2)14-22-24(29)27(25(30)33-22)15-23(28)26-11-3-4-12-26/h5-10,13-14H,3-4,11-12,15-16H2,1-2H3/b22-14+. The fourth-order valence-electron chi connectivity index (χ4n) is 3.73. The van der Waals surface area contributed by atoms with Crippen molar-refractivity contribution in [3.05, 3.63) is 64.1 Å². The summed E-state index contributed by atoms with van der Waals surface area (Å²) in [6.07, 6.45) is 3.55. The molecule has 2 fully saturated rings. The summed E-state index contributed by atoms with van der Waals surface area (Å²) in [5.41, 5.74) is 2.93. The Balaban J connectivity index is 1.44. The van der Waals surface area contributed by atoms with E-state index in [1.165, 1.54) is 5.56 Å². The first kappa shape index (κ1) is 22.9. The molecular formula is C25H26N2O5S. The van der Waals surface area contributed by atoms with Crippen LogP contribution in [0.25, 0.3) is 6.08 Å². The summed E-state index contributed by atoms with van der Waals surface area (Å²) in [6, 6.07) is 13.4. The van der Waals surface area contributed by atoms with Gasteiger partial charge in [-0.15, -0.1) is 0 Å². The number of thioether (sulfide) groups is 1. The van der Waals surface area contributed by atoms with E-state index in [1.54, 1.807) is 36.3 Å². The largest absolute Gasteiger partial charge is 0.493 e. The van der Waals surface area contributed by atoms with Crippen LogP contribution in [-0.2, 0) is 16.2 Å². The molecular weight excluding hydrogens is 440 g/mol. The lowest BCUT2D eigenvalue weighted by atomic mass is 10.1. The first-order chi connectivity index (χ1) is 15.9. The van der Waals surface area contributed by atoms with Crippen molar-refractivity contribution in [3.8, 4) is 11.5 Å². The van der Waals surface area contributed by atoms with Gasteiger partial charge in [0.05, 0.1) is 12.0 Å². The number of nitrogens with zero attached hydrogens (tertiary/aromatic N) is 2. The molecule has 0 saturated carbocycles. The minimum atomic E-state index is -0.448. The molecule has 0 aliphatic carbocycles. The van der Waals surface area contributed by atoms with Crippen molar-refractivity contribution in [2.75, 3.05) is 26.7 Å². The lowest BCUT2D eigenvalue weighted by Gasteiger charge is -2.18. The van der Waals surface area contributed by atoms with Crippen molar-refractivity contribution in [1.82, 2.24) is 9.80 Å². The minimum Gasteiger partial charge on any atom is -0.493 e. The topological polar surface area (TPSA) is 76.2 Å². The summed E-state index contributed by atoms with van der Waals surface area (Å²) in [4.78, 5) is 40.5. The summed E-state index contributed by atoms with van der Waals surface area (Å²) in [6.45, 7) is 3.59. The van der Waals surface area contributed by atoms with E-state index >= 15 is 0 Å². The smallest absolute Gasteiger partial charge is 0.294 e. The fraction of sp³-hybridized carbons (Fsp3) is 0.320. The Labute approximate surface area is 197 Å². The molecule has 33 heavy (non-hydrogen) atoms. The van der Waals surface area contributed by atoms with Crippen LogP contribution in [0.1, 0.15) is 29.5 Å². The zero-order valence-corrected chi connectivity index (χ0v) is 19.5. The van der Waals surface area contributed by atoms with Gasteiger partial charge in [-0.2, -0.15) is 0 Å². The van der Waals surface area contributed by atoms with E-state index in [0.29, 0.717) is 36.8 Å². The minimum absolute atomic E-state index is 0.187. The molecule has 0 aromatic heterocycles. The second-order valence-corrected chi connectivity index (χ2v) is 9.03. The lowest BCUT2D eigenvalue weighted by molar-refractivity contribution is -0.135. The first-order valence-electron chi connectivity index (χ1n) is 10.8. The molecule has 0 N–H and O–H groups in total. The van der Waals surface area contributed by atoms with E-state index < -0.39 is 11.1 Å². The maximum Gasteiger partial charge on any atom is 0.294 e. The van der Waals surface area contributed by atoms with Crippen LogP contribution < -0.4 is 9.47 Å². The van der Waals surface area contributed by atoms with E-state index in [1.807, 2.05) is 31.2 Å². The number of likely N-dealkylation sites (tertiary alicyclic amines) is 1. The molecule has 0 atom stereocenters. The van der Waals surface area contributed by atoms with Crippen LogP contribution in [0.2, 0.25) is 0 Å². The van der Waals surface area contributed by atoms with Crippen molar-refractivity contribution in [1.29, 1.82) is 0 Å². The highest BCUT2D eigenvalue weighted by molar-refractivity contribution is 8.18. The van der Waals surface area contributed by atoms with Crippen LogP contribution >= 0.6 is 11.8 Å². The van der Waals surface area contributed by atoms with E-state index in [4.69, 9.17) is 9.47 Å². The molecule has 2 aromatic carbocycles. The second-order valence-electron chi connectivity index (χ2n) is 8.04. The van der Waals surface area contributed by atoms with Gasteiger partial charge in [-0.25, -0.2) is 0 Å². The van der Waals surface area contributed by atoms with Crippen molar-refractivity contribution in [3.63, 3.8) is 0 Å². The normalized spacial score (nSPS) is 17.2. The number of methoxy groups -OCH3 is 1. The first-order valence-corrected chi connectivity index (χ1v) is 11.7. The Morgan fingerprint density at radius 3 is 2.48 bits per heavy atom. The molecule has 0 unspecified atom stereocenters. The van der Waals surface area contributed by atoms with Gasteiger partial charge in [0.25, 0.3) is 11.1 Å². The molecule has 3 amide bonds. The number of benzene rings is 2. The van der Waals surface area contributed by atoms with Crippen molar-refractivity contribution in [2.45, 2.75) is 26.4 Å². The van der Waals surface area contributed by atoms with Gasteiger partial charge >= 0.3 is 0 Å². The third kappa shape index (κ3) is 5.39. The van der Waals surface area contributed by atoms with Crippen LogP contribution in [0.3, 0.4) is 0 Å². The molecule has 2 aromatic rings. The zero-order valence-electron chi connectivity index (χ0n) is 18.7. The molecule has 2 saturated heterocycles. The van der Waals surface area contributed by atoms with Gasteiger partial charge in [0.1, 0.15) is 13.2 Å². The Morgan fingerprint density at radius 2 is 1.79 bits per heavy atom. The number of rotatable bonds is 7. The molecule has 2 aliphatic heterocycles. The number of carbonyl (C=O) groups excluding carboxylic acids is 3. The summed E-state index contributed by atoms with van der Waals surface area (Å²) in [7, 11) is 1.55. The Bertz CT molecular complexity index is 1090. The highest BCUT2D eigenvalue weighted by atomic mass is 32.2. The molecule has 172 valence electrons. The highest BCUT2D eigenvalue weighted by Crippen LogP contribution is 2.35. The number of imide groups is 1. The monoisotopic (exact) mass is 466 g/mol. The molecule has 2 heterocycles. The van der Waals surface area contributed by atoms with Crippen LogP contribution in [0.4, 0.5) is 4.79 Å². The van der Waals surface area contributed by atoms with Crippen LogP contribution in [0, 0.1) is 6.92 Å². The molecule has 8 heteroatoms. The highest BCUT2D eigenvalue weighted by Gasteiger charge is 2.37. The van der Waals surface area contributed by atoms with Crippen LogP contribution in [-0.4, -0.2) is 53.6 Å². The summed E-state index contributed by atoms with van der Waals surface area (Å²) < 4.78 is 11.4. The quantitative estimate of drug-likeness (QED) is 0.568. The average Bonchev–Trinajstić information content (AvgIpc) is 3.44. The zero-order chi connectivity index (χ0) is 23.4. The maximum absolute atomic E-state index is 12.8. The third-order valence-corrected chi connectivity index (χ3v) is 6.53. The number of aryl methyl sites for hydroxylation is 1. The second kappa shape index (κ2) is 10.1. The number of hydrogen-bond donors (Lipinski definition) is 0. The number of amides is 3. The van der Waals surface area contributed by atoms with Crippen molar-refractivity contribution < 1.29 is 23.9 Å². The van der Waals surface area contributed by atoms with E-state index in [0.717, 1.165) is 35.1 Å². The number of ether oxygens (including phenoxy) is 2. The molecule has 7 nitrogen and oxygen atoms in total. The Morgan fingerprint density at radius 1 is 1.06 bits per heavy atom. The van der Waals surface area contributed by atoms with E-state index in [2.05, 4.69) is 0 Å². The van der Waals surface area contributed by atoms with E-state index in [-0.39, 0.29) is 17.4 Å². The predicted molar refractivity (Wildman–Crippen MR) is 127 cm³/mol. The van der Waals surface area contributed by atoms with Gasteiger partial charge < -0.3 is 14.4 Å². The summed E-state index contributed by atoms with van der Waals surface area (Å²) in [5, 5.41) is -0.427. The Kier molecular flexibility index (Phi) is 7.03. The summed E-state index contributed by atoms with van der Waals surface area (Å²) >= 11 is 0.843. The molecule has 4 rings (SSSR count). The number of carbonyl (C=O) groups is 3. The van der Waals surface area contributed by atoms with Gasteiger partial charge in [-0.05, 0) is 60.9 Å². The van der Waals surface area contributed by atoms with Gasteiger partial charge in [0.2, 0.25) is 5.91 Å². The molecule has 0 spiro atoms. The van der Waals surface area contributed by atoms with Crippen molar-refractivity contribution >= 4 is 34.9 Å². The summed E-state index contributed by atoms with van der Waals surface area (Å²) in [5.74, 6) is 0.475. The van der Waals surface area contributed by atoms with E-state index in [9.17, 15) is 14.4 Å². The molecule has 0 radical (unpaired) electrons. The van der Waals surface area contributed by atoms with Gasteiger partial charge in [0, 0.05) is 13.1 Å². The number of hydrogen-bond acceptors (Lipinski definition) is 6. The SMILES string of the molecule is COc1cc(/C=C2/SC(=O)N(CC(=O)N3CCCC3)C2=O)ccc1OCc1ccc(C)cc1. The van der Waals surface area contributed by atoms with Crippen molar-refractivity contribution in [2.24, 2.45) is 0 Å². The van der Waals surface area contributed by atoms with Crippen LogP contribution in [0.15, 0.2) is 47.4 Å². The Hall–Kier alpha value is -3.26. The fourth-order valence-corrected chi connectivity index (χ4v) is 4.57. The van der Waals surface area contributed by atoms with Crippen LogP contribution in [0.5, 0.6) is 11.5 Å². The van der Waals surface area contributed by atoms with Gasteiger partial charge in [-0.3, -0.25) is 19.3 Å². The average molecular weight is 467 g/mol.